The maximum absolute atomic E-state index is 5.98. The van der Waals surface area contributed by atoms with Crippen molar-refractivity contribution in [3.63, 3.8) is 0 Å². The molecule has 2 N–H and O–H groups in total. The van der Waals surface area contributed by atoms with E-state index in [2.05, 4.69) is 46.4 Å². The van der Waals surface area contributed by atoms with Gasteiger partial charge in [-0.2, -0.15) is 0 Å². The molecular weight excluding hydrogens is 382 g/mol. The van der Waals surface area contributed by atoms with Gasteiger partial charge in [0.2, 0.25) is 0 Å². The molecule has 0 saturated carbocycles. The summed E-state index contributed by atoms with van der Waals surface area (Å²) in [6.45, 7) is 0. The van der Waals surface area contributed by atoms with Gasteiger partial charge in [-0.05, 0) is 41.1 Å². The van der Waals surface area contributed by atoms with Crippen molar-refractivity contribution in [3.05, 3.63) is 97.2 Å². The van der Waals surface area contributed by atoms with Crippen LogP contribution in [0.3, 0.4) is 0 Å². The fourth-order valence-electron chi connectivity index (χ4n) is 3.89. The van der Waals surface area contributed by atoms with Crippen LogP contribution in [-0.4, -0.2) is 17.1 Å². The summed E-state index contributed by atoms with van der Waals surface area (Å²) in [6.07, 6.45) is 1.93. The largest absolute Gasteiger partial charge is 0.497 e. The molecule has 0 spiro atoms. The highest BCUT2D eigenvalue weighted by molar-refractivity contribution is 6.10. The Balaban J connectivity index is 0.000000134. The Morgan fingerprint density at radius 3 is 2.06 bits per heavy atom. The van der Waals surface area contributed by atoms with Crippen molar-refractivity contribution in [1.82, 2.24) is 9.97 Å². The molecule has 150 valence electrons. The van der Waals surface area contributed by atoms with Gasteiger partial charge in [-0.3, -0.25) is 4.98 Å². The monoisotopic (exact) mass is 403 g/mol. The molecule has 0 fully saturated rings. The van der Waals surface area contributed by atoms with Crippen LogP contribution in [0.1, 0.15) is 0 Å². The zero-order chi connectivity index (χ0) is 21.2. The van der Waals surface area contributed by atoms with E-state index >= 15 is 0 Å². The van der Waals surface area contributed by atoms with E-state index in [1.807, 2.05) is 60.8 Å². The van der Waals surface area contributed by atoms with E-state index in [1.54, 1.807) is 7.11 Å². The first-order valence-electron chi connectivity index (χ1n) is 10.1. The highest BCUT2D eigenvalue weighted by Gasteiger charge is 2.06. The van der Waals surface area contributed by atoms with E-state index < -0.39 is 0 Å². The Morgan fingerprint density at radius 2 is 1.29 bits per heavy atom. The number of benzene rings is 4. The Hall–Kier alpha value is -4.18. The maximum atomic E-state index is 5.98. The minimum absolute atomic E-state index is 0.539. The average Bonchev–Trinajstić information content (AvgIpc) is 2.84. The van der Waals surface area contributed by atoms with Gasteiger partial charge in [-0.25, -0.2) is 4.98 Å². The second-order valence-corrected chi connectivity index (χ2v) is 7.29. The molecule has 2 aromatic heterocycles. The SMILES string of the molecule is COc1ccc2c(c1)c(N)nc1ccccc12.c1ccc2c(c1)cnc1ccccc12. The smallest absolute Gasteiger partial charge is 0.132 e. The summed E-state index contributed by atoms with van der Waals surface area (Å²) < 4.78 is 5.21. The number of rotatable bonds is 1. The zero-order valence-electron chi connectivity index (χ0n) is 17.1. The maximum Gasteiger partial charge on any atom is 0.132 e. The third-order valence-corrected chi connectivity index (χ3v) is 5.44. The van der Waals surface area contributed by atoms with Crippen LogP contribution in [0.25, 0.3) is 43.4 Å². The molecule has 0 bridgehead atoms. The first-order chi connectivity index (χ1) is 15.2. The third kappa shape index (κ3) is 3.49. The van der Waals surface area contributed by atoms with Crippen LogP contribution < -0.4 is 10.5 Å². The summed E-state index contributed by atoms with van der Waals surface area (Å²) in [5.74, 6) is 1.33. The summed E-state index contributed by atoms with van der Waals surface area (Å²) in [6, 6.07) is 30.4. The minimum atomic E-state index is 0.539. The van der Waals surface area contributed by atoms with Gasteiger partial charge >= 0.3 is 0 Å². The van der Waals surface area contributed by atoms with Gasteiger partial charge in [0.25, 0.3) is 0 Å². The van der Waals surface area contributed by atoms with E-state index in [9.17, 15) is 0 Å². The van der Waals surface area contributed by atoms with Crippen LogP contribution in [0.15, 0.2) is 97.2 Å². The number of pyridine rings is 2. The number of hydrogen-bond acceptors (Lipinski definition) is 4. The van der Waals surface area contributed by atoms with E-state index in [-0.39, 0.29) is 0 Å². The van der Waals surface area contributed by atoms with E-state index in [1.165, 1.54) is 16.2 Å². The van der Waals surface area contributed by atoms with Crippen LogP contribution in [0.5, 0.6) is 5.75 Å². The van der Waals surface area contributed by atoms with Crippen molar-refractivity contribution in [3.8, 4) is 5.75 Å². The number of hydrogen-bond donors (Lipinski definition) is 1. The lowest BCUT2D eigenvalue weighted by Gasteiger charge is -2.07. The molecule has 0 radical (unpaired) electrons. The molecule has 0 saturated heterocycles. The van der Waals surface area contributed by atoms with Gasteiger partial charge in [0.05, 0.1) is 18.1 Å². The van der Waals surface area contributed by atoms with E-state index in [0.717, 1.165) is 32.9 Å². The topological polar surface area (TPSA) is 61.0 Å². The predicted octanol–water partition coefficient (Wildman–Crippen LogP) is 6.37. The van der Waals surface area contributed by atoms with Gasteiger partial charge in [-0.15, -0.1) is 0 Å². The molecule has 4 heteroatoms. The third-order valence-electron chi connectivity index (χ3n) is 5.44. The number of nitrogen functional groups attached to an aromatic ring is 1. The Kier molecular flexibility index (Phi) is 4.81. The van der Waals surface area contributed by atoms with Crippen molar-refractivity contribution >= 4 is 49.2 Å². The molecule has 0 amide bonds. The number of nitrogens with zero attached hydrogens (tertiary/aromatic N) is 2. The summed E-state index contributed by atoms with van der Waals surface area (Å²) in [5.41, 5.74) is 7.96. The highest BCUT2D eigenvalue weighted by atomic mass is 16.5. The average molecular weight is 403 g/mol. The fourth-order valence-corrected chi connectivity index (χ4v) is 3.89. The second kappa shape index (κ2) is 7.92. The predicted molar refractivity (Wildman–Crippen MR) is 129 cm³/mol. The van der Waals surface area contributed by atoms with Crippen molar-refractivity contribution in [2.24, 2.45) is 0 Å². The van der Waals surface area contributed by atoms with Crippen LogP contribution in [0.2, 0.25) is 0 Å². The lowest BCUT2D eigenvalue weighted by atomic mass is 10.1. The molecular formula is C27H21N3O. The number of para-hydroxylation sites is 2. The number of nitrogens with two attached hydrogens (primary N) is 1. The van der Waals surface area contributed by atoms with Gasteiger partial charge < -0.3 is 10.5 Å². The number of anilines is 1. The lowest BCUT2D eigenvalue weighted by molar-refractivity contribution is 0.415. The fraction of sp³-hybridized carbons (Fsp3) is 0.0370. The van der Waals surface area contributed by atoms with E-state index in [4.69, 9.17) is 10.5 Å². The molecule has 4 aromatic carbocycles. The van der Waals surface area contributed by atoms with Gasteiger partial charge in [0.1, 0.15) is 11.6 Å². The number of fused-ring (bicyclic) bond motifs is 6. The number of ether oxygens (including phenoxy) is 1. The molecule has 0 atom stereocenters. The summed E-state index contributed by atoms with van der Waals surface area (Å²) in [7, 11) is 1.64. The van der Waals surface area contributed by atoms with Crippen LogP contribution in [0.4, 0.5) is 5.82 Å². The molecule has 0 aliphatic heterocycles. The molecule has 4 nitrogen and oxygen atoms in total. The molecule has 0 aliphatic rings. The molecule has 0 unspecified atom stereocenters. The molecule has 31 heavy (non-hydrogen) atoms. The van der Waals surface area contributed by atoms with Crippen molar-refractivity contribution in [1.29, 1.82) is 0 Å². The van der Waals surface area contributed by atoms with Crippen LogP contribution in [0, 0.1) is 0 Å². The van der Waals surface area contributed by atoms with Crippen molar-refractivity contribution in [2.45, 2.75) is 0 Å². The Bertz CT molecular complexity index is 1490. The first-order valence-corrected chi connectivity index (χ1v) is 10.1. The Labute approximate surface area is 179 Å². The lowest BCUT2D eigenvalue weighted by Crippen LogP contribution is -1.94. The summed E-state index contributed by atoms with van der Waals surface area (Å²) >= 11 is 0. The van der Waals surface area contributed by atoms with Crippen molar-refractivity contribution in [2.75, 3.05) is 12.8 Å². The molecule has 0 aliphatic carbocycles. The van der Waals surface area contributed by atoms with Crippen LogP contribution >= 0.6 is 0 Å². The summed E-state index contributed by atoms with van der Waals surface area (Å²) in [4.78, 5) is 8.81. The minimum Gasteiger partial charge on any atom is -0.497 e. The highest BCUT2D eigenvalue weighted by Crippen LogP contribution is 2.30. The molecule has 2 heterocycles. The molecule has 6 aromatic rings. The first kappa shape index (κ1) is 18.8. The summed E-state index contributed by atoms with van der Waals surface area (Å²) in [5, 5.41) is 6.85. The second-order valence-electron chi connectivity index (χ2n) is 7.29. The Morgan fingerprint density at radius 1 is 0.645 bits per heavy atom. The van der Waals surface area contributed by atoms with Gasteiger partial charge in [0, 0.05) is 27.7 Å². The quantitative estimate of drug-likeness (QED) is 0.324. The zero-order valence-corrected chi connectivity index (χ0v) is 17.1. The number of methoxy groups -OCH3 is 1. The van der Waals surface area contributed by atoms with E-state index in [0.29, 0.717) is 5.82 Å². The standard InChI is InChI=1S/C14H12N2O.C13H9N/c1-17-9-6-7-10-11-4-2-3-5-13(11)16-14(15)12(10)8-9;1-2-6-11-10(5-1)9-14-13-8-4-3-7-12(11)13/h2-8H,1H3,(H2,15,16);1-9H. The normalized spacial score (nSPS) is 10.9. The van der Waals surface area contributed by atoms with Gasteiger partial charge in [0.15, 0.2) is 0 Å². The van der Waals surface area contributed by atoms with Crippen molar-refractivity contribution < 1.29 is 4.74 Å². The van der Waals surface area contributed by atoms with Gasteiger partial charge in [-0.1, -0.05) is 60.7 Å². The molecule has 6 rings (SSSR count). The number of aromatic nitrogens is 2. The van der Waals surface area contributed by atoms with Crippen LogP contribution in [-0.2, 0) is 0 Å².